The number of ether oxygens (including phenoxy) is 2. The number of amides is 2. The van der Waals surface area contributed by atoms with Gasteiger partial charge in [-0.05, 0) is 48.9 Å². The third kappa shape index (κ3) is 7.56. The molecule has 0 spiro atoms. The highest BCUT2D eigenvalue weighted by Gasteiger charge is 2.21. The SMILES string of the molecule is Cc1cc(N2CCOCC2)c2cccc(OCc3c(Cl)ccc(N(C)C(=O)CNC(=O)/C=C/c4ccc(C(=O)O)nc4)c3Cl)c2n1. The average Bonchev–Trinajstić information content (AvgIpc) is 3.06. The Morgan fingerprint density at radius 1 is 1.13 bits per heavy atom. The number of pyridine rings is 2. The van der Waals surface area contributed by atoms with Crippen LogP contribution in [0.4, 0.5) is 11.4 Å². The van der Waals surface area contributed by atoms with Crippen molar-refractivity contribution < 1.29 is 29.0 Å². The van der Waals surface area contributed by atoms with E-state index in [1.54, 1.807) is 19.2 Å². The van der Waals surface area contributed by atoms with Gasteiger partial charge in [-0.25, -0.2) is 14.8 Å². The van der Waals surface area contributed by atoms with Gasteiger partial charge in [0.25, 0.3) is 0 Å². The largest absolute Gasteiger partial charge is 0.487 e. The molecule has 4 aromatic rings. The van der Waals surface area contributed by atoms with Crippen molar-refractivity contribution in [2.75, 3.05) is 49.7 Å². The molecule has 13 heteroatoms. The van der Waals surface area contributed by atoms with Crippen LogP contribution >= 0.6 is 23.2 Å². The Hall–Kier alpha value is -4.71. The van der Waals surface area contributed by atoms with Crippen LogP contribution in [0.2, 0.25) is 10.0 Å². The van der Waals surface area contributed by atoms with E-state index in [0.717, 1.165) is 35.4 Å². The van der Waals surface area contributed by atoms with Gasteiger partial charge in [0.2, 0.25) is 11.8 Å². The monoisotopic (exact) mass is 663 g/mol. The number of aryl methyl sites for hydroxylation is 1. The van der Waals surface area contributed by atoms with Gasteiger partial charge in [0.1, 0.15) is 23.6 Å². The Morgan fingerprint density at radius 2 is 1.91 bits per heavy atom. The zero-order valence-electron chi connectivity index (χ0n) is 25.1. The van der Waals surface area contributed by atoms with E-state index in [2.05, 4.69) is 21.3 Å². The van der Waals surface area contributed by atoms with E-state index in [0.29, 0.717) is 40.8 Å². The number of fused-ring (bicyclic) bond motifs is 1. The maximum atomic E-state index is 13.0. The van der Waals surface area contributed by atoms with E-state index in [1.807, 2.05) is 25.1 Å². The van der Waals surface area contributed by atoms with Gasteiger partial charge in [-0.2, -0.15) is 0 Å². The predicted octanol–water partition coefficient (Wildman–Crippen LogP) is 5.15. The highest BCUT2D eigenvalue weighted by molar-refractivity contribution is 6.38. The number of nitrogens with zero attached hydrogens (tertiary/aromatic N) is 4. The van der Waals surface area contributed by atoms with Gasteiger partial charge in [0.15, 0.2) is 0 Å². The number of halogens is 2. The molecule has 2 amide bonds. The molecule has 0 saturated carbocycles. The summed E-state index contributed by atoms with van der Waals surface area (Å²) in [4.78, 5) is 48.4. The molecule has 2 N–H and O–H groups in total. The molecule has 1 aliphatic heterocycles. The molecule has 2 aromatic heterocycles. The maximum Gasteiger partial charge on any atom is 0.354 e. The minimum atomic E-state index is -1.15. The molecule has 0 atom stereocenters. The van der Waals surface area contributed by atoms with Gasteiger partial charge >= 0.3 is 5.97 Å². The van der Waals surface area contributed by atoms with Crippen LogP contribution in [0.5, 0.6) is 5.75 Å². The van der Waals surface area contributed by atoms with E-state index >= 15 is 0 Å². The van der Waals surface area contributed by atoms with E-state index in [9.17, 15) is 14.4 Å². The number of rotatable bonds is 10. The lowest BCUT2D eigenvalue weighted by Crippen LogP contribution is -2.37. The van der Waals surface area contributed by atoms with E-state index < -0.39 is 17.8 Å². The van der Waals surface area contributed by atoms with Crippen molar-refractivity contribution in [3.8, 4) is 5.75 Å². The second kappa shape index (κ2) is 14.6. The smallest absolute Gasteiger partial charge is 0.354 e. The number of morpholine rings is 1. The van der Waals surface area contributed by atoms with Crippen molar-refractivity contribution in [2.24, 2.45) is 0 Å². The lowest BCUT2D eigenvalue weighted by Gasteiger charge is -2.30. The molecule has 1 fully saturated rings. The van der Waals surface area contributed by atoms with Crippen LogP contribution in [-0.4, -0.2) is 72.8 Å². The van der Waals surface area contributed by atoms with E-state index in [1.165, 1.54) is 35.4 Å². The van der Waals surface area contributed by atoms with Gasteiger partial charge in [-0.3, -0.25) is 9.59 Å². The highest BCUT2D eigenvalue weighted by Crippen LogP contribution is 2.37. The molecule has 0 aliphatic carbocycles. The molecule has 238 valence electrons. The van der Waals surface area contributed by atoms with Crippen molar-refractivity contribution in [3.63, 3.8) is 0 Å². The summed E-state index contributed by atoms with van der Waals surface area (Å²) in [7, 11) is 1.55. The Labute approximate surface area is 275 Å². The Morgan fingerprint density at radius 3 is 2.63 bits per heavy atom. The van der Waals surface area contributed by atoms with Crippen LogP contribution < -0.4 is 19.9 Å². The maximum absolute atomic E-state index is 13.0. The first-order valence-electron chi connectivity index (χ1n) is 14.4. The first-order valence-corrected chi connectivity index (χ1v) is 15.1. The standard InChI is InChI=1S/C33H31Cl2N5O6/c1-20-16-27(40-12-14-45-15-13-40)22-4-3-5-28(32(22)38-20)46-19-23-24(34)8-10-26(31(23)35)39(2)30(42)18-37-29(41)11-7-21-6-9-25(33(43)44)36-17-21/h3-11,16-17H,12-15,18-19H2,1-2H3,(H,37,41)(H,43,44)/b11-7+. The van der Waals surface area contributed by atoms with Gasteiger partial charge in [-0.15, -0.1) is 0 Å². The molecule has 3 heterocycles. The lowest BCUT2D eigenvalue weighted by atomic mass is 10.1. The summed E-state index contributed by atoms with van der Waals surface area (Å²) in [5, 5.41) is 13.1. The summed E-state index contributed by atoms with van der Waals surface area (Å²) < 4.78 is 11.8. The summed E-state index contributed by atoms with van der Waals surface area (Å²) in [6, 6.07) is 14.0. The number of hydrogen-bond donors (Lipinski definition) is 2. The summed E-state index contributed by atoms with van der Waals surface area (Å²) in [5.41, 5.74) is 3.96. The number of para-hydroxylation sites is 1. The lowest BCUT2D eigenvalue weighted by molar-refractivity contribution is -0.122. The average molecular weight is 665 g/mol. The Bertz CT molecular complexity index is 1810. The summed E-state index contributed by atoms with van der Waals surface area (Å²) in [5.74, 6) is -1.51. The zero-order valence-corrected chi connectivity index (χ0v) is 26.6. The third-order valence-corrected chi connectivity index (χ3v) is 8.16. The number of nitrogens with one attached hydrogen (secondary N) is 1. The van der Waals surface area contributed by atoms with Crippen LogP contribution in [-0.2, 0) is 20.9 Å². The minimum Gasteiger partial charge on any atom is -0.487 e. The van der Waals surface area contributed by atoms with Crippen molar-refractivity contribution in [1.29, 1.82) is 0 Å². The van der Waals surface area contributed by atoms with E-state index in [-0.39, 0.29) is 23.9 Å². The van der Waals surface area contributed by atoms with Gasteiger partial charge in [0, 0.05) is 59.8 Å². The van der Waals surface area contributed by atoms with Crippen LogP contribution in [0.3, 0.4) is 0 Å². The number of likely N-dealkylation sites (N-methyl/N-ethyl adjacent to an activating group) is 1. The second-order valence-corrected chi connectivity index (χ2v) is 11.3. The number of carbonyl (C=O) groups excluding carboxylic acids is 2. The number of benzene rings is 2. The van der Waals surface area contributed by atoms with Gasteiger partial charge in [0.05, 0.1) is 30.5 Å². The first kappa shape index (κ1) is 32.7. The van der Waals surface area contributed by atoms with Crippen molar-refractivity contribution in [3.05, 3.63) is 93.4 Å². The number of carboxylic acid groups (broad SMARTS) is 1. The molecular formula is C33H31Cl2N5O6. The molecule has 0 bridgehead atoms. The first-order chi connectivity index (χ1) is 22.1. The number of aromatic nitrogens is 2. The Balaban J connectivity index is 1.26. The van der Waals surface area contributed by atoms with Crippen molar-refractivity contribution in [1.82, 2.24) is 15.3 Å². The van der Waals surface area contributed by atoms with Gasteiger partial charge < -0.3 is 29.7 Å². The summed E-state index contributed by atoms with van der Waals surface area (Å²) in [6.07, 6.45) is 4.01. The van der Waals surface area contributed by atoms with E-state index in [4.69, 9.17) is 42.8 Å². The molecule has 1 saturated heterocycles. The fraction of sp³-hybridized carbons (Fsp3) is 0.242. The third-order valence-electron chi connectivity index (χ3n) is 7.38. The number of carbonyl (C=O) groups is 3. The summed E-state index contributed by atoms with van der Waals surface area (Å²) >= 11 is 13.3. The van der Waals surface area contributed by atoms with Crippen LogP contribution in [0.1, 0.15) is 27.3 Å². The highest BCUT2D eigenvalue weighted by atomic mass is 35.5. The number of anilines is 2. The second-order valence-electron chi connectivity index (χ2n) is 10.5. The Kier molecular flexibility index (Phi) is 10.4. The van der Waals surface area contributed by atoms with Gasteiger partial charge in [-0.1, -0.05) is 41.4 Å². The van der Waals surface area contributed by atoms with Crippen LogP contribution in [0, 0.1) is 6.92 Å². The fourth-order valence-corrected chi connectivity index (χ4v) is 5.52. The molecule has 5 rings (SSSR count). The zero-order chi connectivity index (χ0) is 32.8. The van der Waals surface area contributed by atoms with Crippen molar-refractivity contribution in [2.45, 2.75) is 13.5 Å². The summed E-state index contributed by atoms with van der Waals surface area (Å²) in [6.45, 7) is 4.58. The van der Waals surface area contributed by atoms with Crippen molar-refractivity contribution >= 4 is 69.3 Å². The molecular weight excluding hydrogens is 633 g/mol. The molecule has 2 aromatic carbocycles. The molecule has 0 radical (unpaired) electrons. The van der Waals surface area contributed by atoms with Crippen LogP contribution in [0.15, 0.2) is 60.8 Å². The molecule has 0 unspecified atom stereocenters. The normalized spacial score (nSPS) is 13.2. The molecule has 11 nitrogen and oxygen atoms in total. The molecule has 1 aliphatic rings. The number of hydrogen-bond acceptors (Lipinski definition) is 8. The number of aromatic carboxylic acids is 1. The fourth-order valence-electron chi connectivity index (χ4n) is 4.91. The quantitative estimate of drug-likeness (QED) is 0.221. The predicted molar refractivity (Wildman–Crippen MR) is 177 cm³/mol. The number of carboxylic acids is 1. The topological polar surface area (TPSA) is 134 Å². The molecule has 46 heavy (non-hydrogen) atoms. The minimum absolute atomic E-state index is 0.0268. The van der Waals surface area contributed by atoms with Crippen LogP contribution in [0.25, 0.3) is 17.0 Å².